The van der Waals surface area contributed by atoms with Crippen LogP contribution in [0.25, 0.3) is 11.4 Å². The molecule has 1 aliphatic carbocycles. The van der Waals surface area contributed by atoms with Crippen molar-refractivity contribution in [1.29, 1.82) is 0 Å². The topological polar surface area (TPSA) is 102 Å². The van der Waals surface area contributed by atoms with E-state index in [4.69, 9.17) is 10.7 Å². The number of anilines is 1. The Balaban J connectivity index is 1.28. The third-order valence-electron chi connectivity index (χ3n) is 6.28. The number of hydrogen-bond acceptors (Lipinski definition) is 6. The first-order chi connectivity index (χ1) is 15.1. The second-order valence-electron chi connectivity index (χ2n) is 8.41. The second kappa shape index (κ2) is 8.11. The fourth-order valence-electron chi connectivity index (χ4n) is 4.68. The first-order valence-electron chi connectivity index (χ1n) is 10.8. The number of aryl methyl sites for hydroxylation is 2. The van der Waals surface area contributed by atoms with Gasteiger partial charge in [-0.1, -0.05) is 30.3 Å². The van der Waals surface area contributed by atoms with Crippen LogP contribution in [-0.2, 0) is 26.4 Å². The summed E-state index contributed by atoms with van der Waals surface area (Å²) in [6.07, 6.45) is 5.51. The predicted octanol–water partition coefficient (Wildman–Crippen LogP) is 2.15. The molecule has 1 aliphatic heterocycles. The van der Waals surface area contributed by atoms with E-state index >= 15 is 0 Å². The van der Waals surface area contributed by atoms with Crippen LogP contribution in [0.5, 0.6) is 0 Å². The summed E-state index contributed by atoms with van der Waals surface area (Å²) in [5, 5.41) is 7.86. The first kappa shape index (κ1) is 19.7. The second-order valence-corrected chi connectivity index (χ2v) is 8.41. The number of carbonyl (C=O) groups is 1. The summed E-state index contributed by atoms with van der Waals surface area (Å²) in [6.45, 7) is 3.09. The van der Waals surface area contributed by atoms with Gasteiger partial charge in [0, 0.05) is 44.5 Å². The van der Waals surface area contributed by atoms with Crippen LogP contribution in [-0.4, -0.2) is 49.7 Å². The molecule has 8 heteroatoms. The lowest BCUT2D eigenvalue weighted by atomic mass is 9.93. The molecule has 1 aromatic carbocycles. The zero-order chi connectivity index (χ0) is 21.4. The third-order valence-corrected chi connectivity index (χ3v) is 6.28. The number of carbonyl (C=O) groups excluding carboxylic acids is 1. The molecule has 0 radical (unpaired) electrons. The monoisotopic (exact) mass is 417 g/mol. The van der Waals surface area contributed by atoms with Gasteiger partial charge in [0.15, 0.2) is 5.69 Å². The van der Waals surface area contributed by atoms with Crippen LogP contribution in [0, 0.1) is 0 Å². The molecular formula is C23H27N7O. The van der Waals surface area contributed by atoms with Gasteiger partial charge in [0.05, 0.1) is 11.4 Å². The van der Waals surface area contributed by atoms with Crippen molar-refractivity contribution in [3.8, 4) is 11.4 Å². The maximum absolute atomic E-state index is 11.8. The molecule has 0 saturated carbocycles. The van der Waals surface area contributed by atoms with Gasteiger partial charge in [-0.15, -0.1) is 0 Å². The highest BCUT2D eigenvalue weighted by atomic mass is 16.1. The van der Waals surface area contributed by atoms with Crippen LogP contribution in [0.1, 0.15) is 40.0 Å². The van der Waals surface area contributed by atoms with Gasteiger partial charge in [0.1, 0.15) is 0 Å². The van der Waals surface area contributed by atoms with E-state index in [1.54, 1.807) is 4.68 Å². The molecule has 31 heavy (non-hydrogen) atoms. The lowest BCUT2D eigenvalue weighted by Gasteiger charge is -2.32. The quantitative estimate of drug-likeness (QED) is 0.660. The van der Waals surface area contributed by atoms with E-state index in [0.29, 0.717) is 17.7 Å². The highest BCUT2D eigenvalue weighted by Crippen LogP contribution is 2.34. The Morgan fingerprint density at radius 1 is 1.19 bits per heavy atom. The van der Waals surface area contributed by atoms with Crippen LogP contribution >= 0.6 is 0 Å². The number of piperidine rings is 1. The third kappa shape index (κ3) is 3.90. The largest absolute Gasteiger partial charge is 0.364 e. The average molecular weight is 418 g/mol. The van der Waals surface area contributed by atoms with E-state index < -0.39 is 5.91 Å². The van der Waals surface area contributed by atoms with E-state index in [-0.39, 0.29) is 0 Å². The van der Waals surface area contributed by atoms with E-state index in [1.165, 1.54) is 5.56 Å². The Bertz CT molecular complexity index is 1100. The van der Waals surface area contributed by atoms with E-state index in [1.807, 2.05) is 13.2 Å². The van der Waals surface area contributed by atoms with Crippen LogP contribution in [0.4, 0.5) is 5.95 Å². The smallest absolute Gasteiger partial charge is 0.269 e. The molecule has 160 valence electrons. The van der Waals surface area contributed by atoms with Crippen molar-refractivity contribution in [1.82, 2.24) is 24.6 Å². The maximum Gasteiger partial charge on any atom is 0.269 e. The summed E-state index contributed by atoms with van der Waals surface area (Å²) >= 11 is 0. The molecule has 0 spiro atoms. The number of nitrogens with zero attached hydrogens (tertiary/aromatic N) is 5. The molecule has 3 aromatic rings. The molecule has 3 N–H and O–H groups in total. The van der Waals surface area contributed by atoms with Gasteiger partial charge < -0.3 is 11.1 Å². The summed E-state index contributed by atoms with van der Waals surface area (Å²) in [6, 6.07) is 11.0. The first-order valence-corrected chi connectivity index (χ1v) is 10.8. The summed E-state index contributed by atoms with van der Waals surface area (Å²) in [7, 11) is 1.83. The number of rotatable bonds is 5. The van der Waals surface area contributed by atoms with Crippen LogP contribution in [0.15, 0.2) is 36.5 Å². The molecule has 3 heterocycles. The lowest BCUT2D eigenvalue weighted by molar-refractivity contribution is 0.0994. The van der Waals surface area contributed by atoms with Gasteiger partial charge in [0.25, 0.3) is 5.91 Å². The average Bonchev–Trinajstić information content (AvgIpc) is 3.13. The molecule has 0 unspecified atom stereocenters. The minimum Gasteiger partial charge on any atom is -0.364 e. The van der Waals surface area contributed by atoms with Gasteiger partial charge in [-0.3, -0.25) is 14.4 Å². The van der Waals surface area contributed by atoms with Gasteiger partial charge in [-0.05, 0) is 36.8 Å². The molecule has 1 saturated heterocycles. The minimum atomic E-state index is -0.491. The van der Waals surface area contributed by atoms with Gasteiger partial charge in [-0.25, -0.2) is 9.97 Å². The normalized spacial score (nSPS) is 16.5. The van der Waals surface area contributed by atoms with E-state index in [2.05, 4.69) is 50.6 Å². The molecule has 1 amide bonds. The van der Waals surface area contributed by atoms with Crippen molar-refractivity contribution in [2.24, 2.45) is 12.8 Å². The highest BCUT2D eigenvalue weighted by molar-refractivity contribution is 5.94. The molecule has 2 aliphatic rings. The predicted molar refractivity (Wildman–Crippen MR) is 119 cm³/mol. The van der Waals surface area contributed by atoms with Gasteiger partial charge in [0.2, 0.25) is 5.95 Å². The van der Waals surface area contributed by atoms with Gasteiger partial charge >= 0.3 is 0 Å². The highest BCUT2D eigenvalue weighted by Gasteiger charge is 2.28. The van der Waals surface area contributed by atoms with Crippen LogP contribution in [0.3, 0.4) is 0 Å². The van der Waals surface area contributed by atoms with Gasteiger partial charge in [-0.2, -0.15) is 5.10 Å². The molecule has 0 atom stereocenters. The Morgan fingerprint density at radius 3 is 2.71 bits per heavy atom. The number of nitrogens with two attached hydrogens (primary N) is 1. The number of amides is 1. The fourth-order valence-corrected chi connectivity index (χ4v) is 4.68. The summed E-state index contributed by atoms with van der Waals surface area (Å²) in [5.74, 6) is 0.143. The van der Waals surface area contributed by atoms with Crippen molar-refractivity contribution in [2.45, 2.75) is 38.3 Å². The zero-order valence-electron chi connectivity index (χ0n) is 17.7. The maximum atomic E-state index is 11.8. The number of primary amides is 1. The number of aromatic nitrogens is 4. The molecule has 5 rings (SSSR count). The number of nitrogens with one attached hydrogen (secondary N) is 1. The number of fused-ring (bicyclic) bond motifs is 3. The minimum absolute atomic E-state index is 0.348. The summed E-state index contributed by atoms with van der Waals surface area (Å²) in [5.41, 5.74) is 10.9. The Labute approximate surface area is 181 Å². The van der Waals surface area contributed by atoms with E-state index in [0.717, 1.165) is 67.8 Å². The van der Waals surface area contributed by atoms with Crippen molar-refractivity contribution in [3.63, 3.8) is 0 Å². The Kier molecular flexibility index (Phi) is 5.15. The number of benzene rings is 1. The fraction of sp³-hybridized carbons (Fsp3) is 0.391. The lowest BCUT2D eigenvalue weighted by Crippen LogP contribution is -2.39. The summed E-state index contributed by atoms with van der Waals surface area (Å²) < 4.78 is 1.71. The van der Waals surface area contributed by atoms with Crippen molar-refractivity contribution in [2.75, 3.05) is 18.4 Å². The van der Waals surface area contributed by atoms with Crippen molar-refractivity contribution < 1.29 is 4.79 Å². The number of likely N-dealkylation sites (tertiary alicyclic amines) is 1. The summed E-state index contributed by atoms with van der Waals surface area (Å²) in [4.78, 5) is 23.6. The molecule has 8 nitrogen and oxygen atoms in total. The van der Waals surface area contributed by atoms with Crippen LogP contribution in [0.2, 0.25) is 0 Å². The Hall–Kier alpha value is -3.26. The number of hydrogen-bond donors (Lipinski definition) is 2. The van der Waals surface area contributed by atoms with Crippen molar-refractivity contribution >= 4 is 11.9 Å². The Morgan fingerprint density at radius 2 is 1.97 bits per heavy atom. The van der Waals surface area contributed by atoms with Crippen molar-refractivity contribution in [3.05, 3.63) is 58.9 Å². The molecular weight excluding hydrogens is 390 g/mol. The standard InChI is InChI=1S/C23H27N7O/c1-29-21-18(20(28-29)22(24)31)8-7-16-13-25-23(27-19(16)21)26-17-9-11-30(12-10-17)14-15-5-3-2-4-6-15/h2-6,13,17H,7-12,14H2,1H3,(H2,24,31)(H,25,26,27). The molecule has 1 fully saturated rings. The van der Waals surface area contributed by atoms with E-state index in [9.17, 15) is 4.79 Å². The SMILES string of the molecule is Cn1nc(C(N)=O)c2c1-c1nc(NC3CCN(Cc4ccccc4)CC3)ncc1CC2. The van der Waals surface area contributed by atoms with Crippen LogP contribution < -0.4 is 11.1 Å². The molecule has 2 aromatic heterocycles. The zero-order valence-corrected chi connectivity index (χ0v) is 17.7. The molecule has 0 bridgehead atoms.